The van der Waals surface area contributed by atoms with E-state index in [4.69, 9.17) is 5.73 Å². The van der Waals surface area contributed by atoms with Crippen LogP contribution in [0, 0.1) is 21.7 Å². The molecule has 0 aliphatic heterocycles. The standard InChI is InChI=1S/C12H15F2N3O2/c13-7-5-10(14)12(11(6-7)17(18)19)16-9-3-1-8(15)2-4-9/h5-6,8-9,16H,1-4,15H2. The van der Waals surface area contributed by atoms with E-state index in [1.54, 1.807) is 0 Å². The van der Waals surface area contributed by atoms with Gasteiger partial charge < -0.3 is 11.1 Å². The zero-order chi connectivity index (χ0) is 14.0. The molecule has 1 aliphatic carbocycles. The largest absolute Gasteiger partial charge is 0.374 e. The van der Waals surface area contributed by atoms with Gasteiger partial charge in [0.1, 0.15) is 11.5 Å². The molecule has 1 aromatic carbocycles. The monoisotopic (exact) mass is 271 g/mol. The molecule has 0 heterocycles. The Morgan fingerprint density at radius 3 is 2.47 bits per heavy atom. The van der Waals surface area contributed by atoms with Crippen molar-refractivity contribution in [3.8, 4) is 0 Å². The van der Waals surface area contributed by atoms with Crippen LogP contribution in [0.4, 0.5) is 20.2 Å². The van der Waals surface area contributed by atoms with Crippen LogP contribution in [-0.4, -0.2) is 17.0 Å². The molecule has 0 saturated heterocycles. The van der Waals surface area contributed by atoms with Gasteiger partial charge in [0.25, 0.3) is 5.69 Å². The van der Waals surface area contributed by atoms with Gasteiger partial charge in [-0.05, 0) is 25.7 Å². The number of benzene rings is 1. The van der Waals surface area contributed by atoms with Crippen molar-refractivity contribution in [3.63, 3.8) is 0 Å². The van der Waals surface area contributed by atoms with Crippen LogP contribution in [0.2, 0.25) is 0 Å². The van der Waals surface area contributed by atoms with E-state index in [0.29, 0.717) is 6.07 Å². The molecular weight excluding hydrogens is 256 g/mol. The third-order valence-electron chi connectivity index (χ3n) is 3.35. The van der Waals surface area contributed by atoms with Crippen LogP contribution < -0.4 is 11.1 Å². The van der Waals surface area contributed by atoms with Crippen molar-refractivity contribution in [1.82, 2.24) is 0 Å². The molecule has 7 heteroatoms. The van der Waals surface area contributed by atoms with Gasteiger partial charge in [0.15, 0.2) is 5.82 Å². The maximum Gasteiger partial charge on any atom is 0.298 e. The van der Waals surface area contributed by atoms with Crippen LogP contribution in [0.15, 0.2) is 12.1 Å². The van der Waals surface area contributed by atoms with Gasteiger partial charge >= 0.3 is 0 Å². The van der Waals surface area contributed by atoms with Crippen LogP contribution in [-0.2, 0) is 0 Å². The first-order chi connectivity index (χ1) is 8.97. The van der Waals surface area contributed by atoms with Crippen LogP contribution >= 0.6 is 0 Å². The Bertz CT molecular complexity index is 488. The van der Waals surface area contributed by atoms with Crippen molar-refractivity contribution in [2.45, 2.75) is 37.8 Å². The van der Waals surface area contributed by atoms with E-state index >= 15 is 0 Å². The molecule has 1 aromatic rings. The lowest BCUT2D eigenvalue weighted by atomic mass is 9.91. The van der Waals surface area contributed by atoms with E-state index in [0.717, 1.165) is 31.7 Å². The molecule has 0 aromatic heterocycles. The van der Waals surface area contributed by atoms with Crippen LogP contribution in [0.25, 0.3) is 0 Å². The summed E-state index contributed by atoms with van der Waals surface area (Å²) in [5.74, 6) is -1.90. The summed E-state index contributed by atoms with van der Waals surface area (Å²) in [7, 11) is 0. The number of halogens is 2. The Labute approximate surface area is 108 Å². The number of hydrogen-bond acceptors (Lipinski definition) is 4. The smallest absolute Gasteiger partial charge is 0.298 e. The number of nitro groups is 1. The van der Waals surface area contributed by atoms with Gasteiger partial charge in [0.2, 0.25) is 0 Å². The molecule has 5 nitrogen and oxygen atoms in total. The summed E-state index contributed by atoms with van der Waals surface area (Å²) >= 11 is 0. The number of hydrogen-bond donors (Lipinski definition) is 2. The van der Waals surface area contributed by atoms with E-state index in [1.165, 1.54) is 0 Å². The molecule has 104 valence electrons. The number of nitro benzene ring substituents is 1. The molecule has 1 saturated carbocycles. The quantitative estimate of drug-likeness (QED) is 0.654. The van der Waals surface area contributed by atoms with Crippen molar-refractivity contribution in [1.29, 1.82) is 0 Å². The SMILES string of the molecule is NC1CCC(Nc2c(F)cc(F)cc2[N+](=O)[O-])CC1. The highest BCUT2D eigenvalue weighted by Gasteiger charge is 2.25. The third kappa shape index (κ3) is 3.17. The van der Waals surface area contributed by atoms with Crippen molar-refractivity contribution >= 4 is 11.4 Å². The first-order valence-electron chi connectivity index (χ1n) is 6.13. The van der Waals surface area contributed by atoms with Gasteiger partial charge in [0.05, 0.1) is 11.0 Å². The third-order valence-corrected chi connectivity index (χ3v) is 3.35. The highest BCUT2D eigenvalue weighted by atomic mass is 19.1. The van der Waals surface area contributed by atoms with Crippen LogP contribution in [0.5, 0.6) is 0 Å². The van der Waals surface area contributed by atoms with Crippen molar-refractivity contribution in [2.75, 3.05) is 5.32 Å². The van der Waals surface area contributed by atoms with Gasteiger partial charge in [-0.3, -0.25) is 10.1 Å². The number of nitrogens with two attached hydrogens (primary N) is 1. The molecule has 1 fully saturated rings. The highest BCUT2D eigenvalue weighted by molar-refractivity contribution is 5.63. The minimum atomic E-state index is -0.958. The van der Waals surface area contributed by atoms with Crippen molar-refractivity contribution in [3.05, 3.63) is 33.9 Å². The maximum absolute atomic E-state index is 13.7. The Hall–Kier alpha value is -1.76. The number of anilines is 1. The first kappa shape index (κ1) is 13.7. The summed E-state index contributed by atoms with van der Waals surface area (Å²) in [5, 5.41) is 13.6. The predicted octanol–water partition coefficient (Wildman–Crippen LogP) is 2.55. The van der Waals surface area contributed by atoms with Gasteiger partial charge in [-0.25, -0.2) is 8.78 Å². The Morgan fingerprint density at radius 2 is 1.89 bits per heavy atom. The highest BCUT2D eigenvalue weighted by Crippen LogP contribution is 2.31. The maximum atomic E-state index is 13.7. The minimum Gasteiger partial charge on any atom is -0.374 e. The van der Waals surface area contributed by atoms with Gasteiger partial charge in [-0.1, -0.05) is 0 Å². The number of rotatable bonds is 3. The molecule has 0 bridgehead atoms. The van der Waals surface area contributed by atoms with Crippen molar-refractivity contribution < 1.29 is 13.7 Å². The average molecular weight is 271 g/mol. The summed E-state index contributed by atoms with van der Waals surface area (Å²) in [5.41, 5.74) is 4.94. The molecule has 0 spiro atoms. The fourth-order valence-corrected chi connectivity index (χ4v) is 2.31. The van der Waals surface area contributed by atoms with Crippen LogP contribution in [0.1, 0.15) is 25.7 Å². The predicted molar refractivity (Wildman–Crippen MR) is 66.9 cm³/mol. The number of nitrogens with zero attached hydrogens (tertiary/aromatic N) is 1. The Morgan fingerprint density at radius 1 is 1.26 bits per heavy atom. The average Bonchev–Trinajstić information content (AvgIpc) is 2.34. The minimum absolute atomic E-state index is 0.0709. The molecule has 2 rings (SSSR count). The summed E-state index contributed by atoms with van der Waals surface area (Å²) in [4.78, 5) is 10.0. The zero-order valence-corrected chi connectivity index (χ0v) is 10.2. The normalized spacial score (nSPS) is 23.1. The first-order valence-corrected chi connectivity index (χ1v) is 6.13. The second-order valence-corrected chi connectivity index (χ2v) is 4.79. The Balaban J connectivity index is 2.21. The van der Waals surface area contributed by atoms with Gasteiger partial charge in [0, 0.05) is 18.2 Å². The fourth-order valence-electron chi connectivity index (χ4n) is 2.31. The van der Waals surface area contributed by atoms with E-state index < -0.39 is 22.2 Å². The lowest BCUT2D eigenvalue weighted by Gasteiger charge is -2.27. The molecule has 0 radical (unpaired) electrons. The molecule has 19 heavy (non-hydrogen) atoms. The summed E-state index contributed by atoms with van der Waals surface area (Å²) in [6.45, 7) is 0. The molecule has 1 aliphatic rings. The van der Waals surface area contributed by atoms with Crippen LogP contribution in [0.3, 0.4) is 0 Å². The Kier molecular flexibility index (Phi) is 3.94. The molecule has 0 atom stereocenters. The molecule has 0 unspecified atom stereocenters. The summed E-state index contributed by atoms with van der Waals surface area (Å²) in [6.07, 6.45) is 3.01. The molecule has 3 N–H and O–H groups in total. The second-order valence-electron chi connectivity index (χ2n) is 4.79. The number of nitrogens with one attached hydrogen (secondary N) is 1. The second kappa shape index (κ2) is 5.48. The lowest BCUT2D eigenvalue weighted by molar-refractivity contribution is -0.384. The summed E-state index contributed by atoms with van der Waals surface area (Å²) in [6, 6.07) is 1.42. The van der Waals surface area contributed by atoms with Gasteiger partial charge in [-0.15, -0.1) is 0 Å². The summed E-state index contributed by atoms with van der Waals surface area (Å²) < 4.78 is 26.7. The van der Waals surface area contributed by atoms with E-state index in [-0.39, 0.29) is 17.8 Å². The molecule has 0 amide bonds. The molecular formula is C12H15F2N3O2. The van der Waals surface area contributed by atoms with E-state index in [9.17, 15) is 18.9 Å². The lowest BCUT2D eigenvalue weighted by Crippen LogP contribution is -2.33. The topological polar surface area (TPSA) is 81.2 Å². The van der Waals surface area contributed by atoms with E-state index in [2.05, 4.69) is 5.32 Å². The fraction of sp³-hybridized carbons (Fsp3) is 0.500. The van der Waals surface area contributed by atoms with E-state index in [1.807, 2.05) is 0 Å². The van der Waals surface area contributed by atoms with Crippen molar-refractivity contribution in [2.24, 2.45) is 5.73 Å². The zero-order valence-electron chi connectivity index (χ0n) is 10.2. The van der Waals surface area contributed by atoms with Gasteiger partial charge in [-0.2, -0.15) is 0 Å².